The van der Waals surface area contributed by atoms with Crippen LogP contribution in [0.3, 0.4) is 0 Å². The first-order chi connectivity index (χ1) is 14.1. The maximum absolute atomic E-state index is 12.8. The van der Waals surface area contributed by atoms with Crippen molar-refractivity contribution in [3.63, 3.8) is 0 Å². The minimum Gasteiger partial charge on any atom is -0.453 e. The van der Waals surface area contributed by atoms with Crippen LogP contribution in [0.4, 0.5) is 15.6 Å². The predicted octanol–water partition coefficient (Wildman–Crippen LogP) is 2.03. The number of para-hydroxylation sites is 1. The standard InChI is InChI=1S/C20H25N5O3S/c1-28-20(27)22-19-21-16-7-8-23(13-17(16)29-19)14-18(26)25-11-9-24(10-12-25)15-5-3-2-4-6-15/h2-6H,7-14H2,1H3,(H,21,22,27). The fourth-order valence-electron chi connectivity index (χ4n) is 3.72. The zero-order chi connectivity index (χ0) is 20.2. The molecule has 2 aromatic rings. The van der Waals surface area contributed by atoms with Gasteiger partial charge in [0.2, 0.25) is 5.91 Å². The Balaban J connectivity index is 1.28. The molecule has 0 spiro atoms. The van der Waals surface area contributed by atoms with Crippen molar-refractivity contribution in [2.45, 2.75) is 13.0 Å². The van der Waals surface area contributed by atoms with Crippen molar-refractivity contribution < 1.29 is 14.3 Å². The minimum absolute atomic E-state index is 0.179. The molecule has 3 heterocycles. The number of thiazole rings is 1. The molecule has 8 nitrogen and oxygen atoms in total. The van der Waals surface area contributed by atoms with Gasteiger partial charge in [-0.25, -0.2) is 9.78 Å². The molecule has 4 rings (SSSR count). The quantitative estimate of drug-likeness (QED) is 0.823. The number of anilines is 2. The number of hydrogen-bond donors (Lipinski definition) is 1. The fourth-order valence-corrected chi connectivity index (χ4v) is 4.76. The molecule has 0 radical (unpaired) electrons. The summed E-state index contributed by atoms with van der Waals surface area (Å²) in [4.78, 5) is 36.2. The van der Waals surface area contributed by atoms with Crippen molar-refractivity contribution in [1.29, 1.82) is 0 Å². The number of amides is 2. The molecule has 0 unspecified atom stereocenters. The van der Waals surface area contributed by atoms with Crippen LogP contribution in [0.15, 0.2) is 30.3 Å². The first kappa shape index (κ1) is 19.7. The van der Waals surface area contributed by atoms with E-state index in [0.717, 1.165) is 49.7 Å². The molecule has 1 aromatic heterocycles. The van der Waals surface area contributed by atoms with Gasteiger partial charge in [-0.3, -0.25) is 15.0 Å². The summed E-state index contributed by atoms with van der Waals surface area (Å²) >= 11 is 1.45. The molecule has 154 valence electrons. The zero-order valence-electron chi connectivity index (χ0n) is 16.5. The van der Waals surface area contributed by atoms with Gasteiger partial charge in [-0.2, -0.15) is 0 Å². The topological polar surface area (TPSA) is 78.0 Å². The highest BCUT2D eigenvalue weighted by atomic mass is 32.1. The van der Waals surface area contributed by atoms with E-state index in [4.69, 9.17) is 0 Å². The average molecular weight is 416 g/mol. The van der Waals surface area contributed by atoms with Crippen LogP contribution in [0, 0.1) is 0 Å². The van der Waals surface area contributed by atoms with Gasteiger partial charge in [-0.05, 0) is 12.1 Å². The van der Waals surface area contributed by atoms with Crippen LogP contribution in [0.1, 0.15) is 10.6 Å². The molecule has 2 amide bonds. The zero-order valence-corrected chi connectivity index (χ0v) is 17.3. The lowest BCUT2D eigenvalue weighted by Crippen LogP contribution is -2.51. The Bertz CT molecular complexity index is 864. The third-order valence-corrected chi connectivity index (χ3v) is 6.32. The largest absolute Gasteiger partial charge is 0.453 e. The van der Waals surface area contributed by atoms with E-state index < -0.39 is 6.09 Å². The normalized spacial score (nSPS) is 17.0. The van der Waals surface area contributed by atoms with Gasteiger partial charge in [0.25, 0.3) is 0 Å². The summed E-state index contributed by atoms with van der Waals surface area (Å²) < 4.78 is 4.62. The lowest BCUT2D eigenvalue weighted by Gasteiger charge is -2.37. The molecule has 0 aliphatic carbocycles. The second-order valence-corrected chi connectivity index (χ2v) is 8.25. The van der Waals surface area contributed by atoms with E-state index in [-0.39, 0.29) is 5.91 Å². The van der Waals surface area contributed by atoms with Crippen molar-refractivity contribution in [1.82, 2.24) is 14.8 Å². The second kappa shape index (κ2) is 8.79. The number of piperazine rings is 1. The van der Waals surface area contributed by atoms with Crippen molar-refractivity contribution in [3.05, 3.63) is 40.9 Å². The molecule has 2 aliphatic heterocycles. The predicted molar refractivity (Wildman–Crippen MR) is 112 cm³/mol. The number of carbonyl (C=O) groups excluding carboxylic acids is 2. The van der Waals surface area contributed by atoms with Crippen LogP contribution in [-0.4, -0.2) is 73.2 Å². The van der Waals surface area contributed by atoms with Crippen LogP contribution < -0.4 is 10.2 Å². The number of nitrogens with one attached hydrogen (secondary N) is 1. The van der Waals surface area contributed by atoms with Gasteiger partial charge in [-0.1, -0.05) is 29.5 Å². The van der Waals surface area contributed by atoms with E-state index in [0.29, 0.717) is 18.2 Å². The smallest absolute Gasteiger partial charge is 0.413 e. The van der Waals surface area contributed by atoms with E-state index in [1.54, 1.807) is 0 Å². The number of methoxy groups -OCH3 is 1. The summed E-state index contributed by atoms with van der Waals surface area (Å²) in [6, 6.07) is 10.3. The molecule has 0 atom stereocenters. The molecule has 1 N–H and O–H groups in total. The minimum atomic E-state index is -0.516. The highest BCUT2D eigenvalue weighted by molar-refractivity contribution is 7.15. The van der Waals surface area contributed by atoms with E-state index >= 15 is 0 Å². The van der Waals surface area contributed by atoms with E-state index in [2.05, 4.69) is 37.0 Å². The van der Waals surface area contributed by atoms with Gasteiger partial charge < -0.3 is 14.5 Å². The summed E-state index contributed by atoms with van der Waals surface area (Å²) in [5, 5.41) is 3.17. The van der Waals surface area contributed by atoms with Gasteiger partial charge in [0.1, 0.15) is 0 Å². The molecule has 0 bridgehead atoms. The first-order valence-electron chi connectivity index (χ1n) is 9.76. The van der Waals surface area contributed by atoms with Crippen LogP contribution in [0.25, 0.3) is 0 Å². The Morgan fingerprint density at radius 2 is 1.90 bits per heavy atom. The highest BCUT2D eigenvalue weighted by Gasteiger charge is 2.26. The molecule has 1 saturated heterocycles. The molecule has 9 heteroatoms. The Morgan fingerprint density at radius 3 is 2.62 bits per heavy atom. The molecule has 1 fully saturated rings. The van der Waals surface area contributed by atoms with Crippen molar-refractivity contribution in [2.24, 2.45) is 0 Å². The van der Waals surface area contributed by atoms with Gasteiger partial charge in [0.05, 0.1) is 19.3 Å². The lowest BCUT2D eigenvalue weighted by atomic mass is 10.2. The number of aromatic nitrogens is 1. The van der Waals surface area contributed by atoms with Crippen LogP contribution in [0.2, 0.25) is 0 Å². The molecule has 0 saturated carbocycles. The third kappa shape index (κ3) is 4.68. The summed E-state index contributed by atoms with van der Waals surface area (Å²) in [7, 11) is 1.33. The summed E-state index contributed by atoms with van der Waals surface area (Å²) in [5.41, 5.74) is 2.21. The number of ether oxygens (including phenoxy) is 1. The van der Waals surface area contributed by atoms with E-state index in [1.165, 1.54) is 24.1 Å². The van der Waals surface area contributed by atoms with E-state index in [9.17, 15) is 9.59 Å². The molecule has 29 heavy (non-hydrogen) atoms. The highest BCUT2D eigenvalue weighted by Crippen LogP contribution is 2.28. The first-order valence-corrected chi connectivity index (χ1v) is 10.6. The average Bonchev–Trinajstić information content (AvgIpc) is 3.15. The van der Waals surface area contributed by atoms with Gasteiger partial charge >= 0.3 is 6.09 Å². The van der Waals surface area contributed by atoms with Gasteiger partial charge in [0, 0.05) is 56.3 Å². The number of nitrogens with zero attached hydrogens (tertiary/aromatic N) is 4. The maximum Gasteiger partial charge on any atom is 0.413 e. The monoisotopic (exact) mass is 415 g/mol. The van der Waals surface area contributed by atoms with Crippen LogP contribution in [0.5, 0.6) is 0 Å². The Kier molecular flexibility index (Phi) is 5.96. The van der Waals surface area contributed by atoms with Crippen LogP contribution >= 0.6 is 11.3 Å². The number of carbonyl (C=O) groups is 2. The summed E-state index contributed by atoms with van der Waals surface area (Å²) in [5.74, 6) is 0.179. The summed E-state index contributed by atoms with van der Waals surface area (Å²) in [6.07, 6.45) is 0.266. The number of benzene rings is 1. The number of hydrogen-bond acceptors (Lipinski definition) is 7. The fraction of sp³-hybridized carbons (Fsp3) is 0.450. The molecular formula is C20H25N5O3S. The van der Waals surface area contributed by atoms with Crippen molar-refractivity contribution in [2.75, 3.05) is 56.6 Å². The molecule has 1 aromatic carbocycles. The van der Waals surface area contributed by atoms with Crippen molar-refractivity contribution >= 4 is 34.2 Å². The maximum atomic E-state index is 12.8. The van der Waals surface area contributed by atoms with Gasteiger partial charge in [0.15, 0.2) is 5.13 Å². The summed E-state index contributed by atoms with van der Waals surface area (Å²) in [6.45, 7) is 5.12. The van der Waals surface area contributed by atoms with E-state index in [1.807, 2.05) is 23.1 Å². The number of fused-ring (bicyclic) bond motifs is 1. The molecule has 2 aliphatic rings. The second-order valence-electron chi connectivity index (χ2n) is 7.17. The van der Waals surface area contributed by atoms with Gasteiger partial charge in [-0.15, -0.1) is 0 Å². The Hall–Kier alpha value is -2.65. The number of rotatable bonds is 4. The Labute approximate surface area is 174 Å². The van der Waals surface area contributed by atoms with Crippen molar-refractivity contribution in [3.8, 4) is 0 Å². The SMILES string of the molecule is COC(=O)Nc1nc2c(s1)CN(CC(=O)N1CCN(c3ccccc3)CC1)CC2. The Morgan fingerprint density at radius 1 is 1.14 bits per heavy atom. The van der Waals surface area contributed by atoms with Crippen LogP contribution in [-0.2, 0) is 22.5 Å². The molecular weight excluding hydrogens is 390 g/mol. The lowest BCUT2D eigenvalue weighted by molar-refractivity contribution is -0.132. The third-order valence-electron chi connectivity index (χ3n) is 5.32.